The minimum atomic E-state index is -1.13. The molecule has 0 bridgehead atoms. The molecule has 0 unspecified atom stereocenters. The van der Waals surface area contributed by atoms with Gasteiger partial charge in [0.05, 0.1) is 11.9 Å². The number of rotatable bonds is 2. The van der Waals surface area contributed by atoms with Gasteiger partial charge in [-0.2, -0.15) is 0 Å². The number of hydrogen-bond donors (Lipinski definition) is 2. The van der Waals surface area contributed by atoms with E-state index in [2.05, 4.69) is 0 Å². The molecule has 0 fully saturated rings. The van der Waals surface area contributed by atoms with Crippen molar-refractivity contribution < 1.29 is 40.9 Å². The SMILES string of the molecule is CCN.N.O=C([O-])c1ccccc1.O=C([O-])c1ccccc1.[Pt+2]. The van der Waals surface area contributed by atoms with Gasteiger partial charge in [-0.25, -0.2) is 0 Å². The van der Waals surface area contributed by atoms with Crippen LogP contribution in [0.3, 0.4) is 0 Å². The van der Waals surface area contributed by atoms with Crippen molar-refractivity contribution in [2.24, 2.45) is 5.73 Å². The van der Waals surface area contributed by atoms with Gasteiger partial charge in [0, 0.05) is 0 Å². The normalized spacial score (nSPS) is 7.74. The Bertz CT molecular complexity index is 487. The third-order valence-electron chi connectivity index (χ3n) is 2.02. The Balaban J connectivity index is -0.000000277. The topological polar surface area (TPSA) is 141 Å². The third kappa shape index (κ3) is 13.4. The standard InChI is InChI=1S/2C7H6O2.C2H7N.H3N.Pt/c2*8-7(9)6-4-2-1-3-5-6;1-2-3;;/h2*1-5H,(H,8,9);2-3H2,1H3;1H3;/q;;;;+2/p-2. The number of aromatic carboxylic acids is 2. The van der Waals surface area contributed by atoms with E-state index in [9.17, 15) is 19.8 Å². The molecule has 6 nitrogen and oxygen atoms in total. The van der Waals surface area contributed by atoms with Gasteiger partial charge in [-0.05, 0) is 17.7 Å². The molecular weight excluding hydrogens is 479 g/mol. The molecule has 23 heavy (non-hydrogen) atoms. The van der Waals surface area contributed by atoms with Crippen LogP contribution in [-0.4, -0.2) is 18.5 Å². The van der Waals surface area contributed by atoms with E-state index in [0.717, 1.165) is 6.54 Å². The van der Waals surface area contributed by atoms with Crippen LogP contribution in [-0.2, 0) is 21.1 Å². The summed E-state index contributed by atoms with van der Waals surface area (Å²) in [5.74, 6) is -2.26. The summed E-state index contributed by atoms with van der Waals surface area (Å²) in [4.78, 5) is 20.2. The van der Waals surface area contributed by atoms with Crippen molar-refractivity contribution in [3.05, 3.63) is 71.8 Å². The first-order valence-electron chi connectivity index (χ1n) is 6.25. The summed E-state index contributed by atoms with van der Waals surface area (Å²) in [6, 6.07) is 16.1. The minimum absolute atomic E-state index is 0. The molecule has 0 radical (unpaired) electrons. The van der Waals surface area contributed by atoms with Crippen molar-refractivity contribution in [2.75, 3.05) is 6.54 Å². The average molecular weight is 499 g/mol. The van der Waals surface area contributed by atoms with E-state index in [1.807, 2.05) is 6.92 Å². The quantitative estimate of drug-likeness (QED) is 0.606. The smallest absolute Gasteiger partial charge is 0.545 e. The Labute approximate surface area is 150 Å². The minimum Gasteiger partial charge on any atom is -0.545 e. The summed E-state index contributed by atoms with van der Waals surface area (Å²) in [5.41, 5.74) is 5.29. The molecule has 2 rings (SSSR count). The molecule has 0 heterocycles. The van der Waals surface area contributed by atoms with Gasteiger partial charge in [0.25, 0.3) is 0 Å². The number of carbonyl (C=O) groups excluding carboxylic acids is 2. The second kappa shape index (κ2) is 16.4. The van der Waals surface area contributed by atoms with Crippen LogP contribution in [0.25, 0.3) is 0 Å². The Hall–Kier alpha value is -2.01. The molecule has 0 saturated heterocycles. The molecule has 5 N–H and O–H groups in total. The van der Waals surface area contributed by atoms with E-state index in [4.69, 9.17) is 5.73 Å². The van der Waals surface area contributed by atoms with Crippen LogP contribution in [0.15, 0.2) is 60.7 Å². The van der Waals surface area contributed by atoms with Gasteiger partial charge in [-0.3, -0.25) is 0 Å². The van der Waals surface area contributed by atoms with Crippen molar-refractivity contribution >= 4 is 11.9 Å². The molecule has 0 atom stereocenters. The van der Waals surface area contributed by atoms with Crippen molar-refractivity contribution in [2.45, 2.75) is 6.92 Å². The summed E-state index contributed by atoms with van der Waals surface area (Å²) >= 11 is 0. The van der Waals surface area contributed by atoms with Gasteiger partial charge in [-0.1, -0.05) is 67.6 Å². The van der Waals surface area contributed by atoms with Crippen molar-refractivity contribution in [3.63, 3.8) is 0 Å². The Morgan fingerprint density at radius 2 is 1.04 bits per heavy atom. The fourth-order valence-electron chi connectivity index (χ4n) is 1.15. The maximum Gasteiger partial charge on any atom is 2.00 e. The molecule has 0 spiro atoms. The number of carboxylic acid groups (broad SMARTS) is 2. The first-order chi connectivity index (χ1) is 10.0. The number of hydrogen-bond acceptors (Lipinski definition) is 6. The number of carbonyl (C=O) groups is 2. The average Bonchev–Trinajstić information content (AvgIpc) is 2.50. The van der Waals surface area contributed by atoms with Gasteiger partial charge in [0.15, 0.2) is 0 Å². The summed E-state index contributed by atoms with van der Waals surface area (Å²) in [5, 5.41) is 20.2. The van der Waals surface area contributed by atoms with E-state index in [0.29, 0.717) is 0 Å². The van der Waals surface area contributed by atoms with Gasteiger partial charge in [0.1, 0.15) is 0 Å². The van der Waals surface area contributed by atoms with Crippen LogP contribution in [0.5, 0.6) is 0 Å². The van der Waals surface area contributed by atoms with E-state index in [1.54, 1.807) is 36.4 Å². The third-order valence-corrected chi connectivity index (χ3v) is 2.02. The van der Waals surface area contributed by atoms with Crippen LogP contribution in [0.4, 0.5) is 0 Å². The molecule has 2 aromatic rings. The van der Waals surface area contributed by atoms with Gasteiger partial charge >= 0.3 is 21.1 Å². The van der Waals surface area contributed by atoms with Gasteiger partial charge in [0.2, 0.25) is 0 Å². The fourth-order valence-corrected chi connectivity index (χ4v) is 1.15. The van der Waals surface area contributed by atoms with Crippen molar-refractivity contribution in [1.29, 1.82) is 0 Å². The molecule has 0 aliphatic rings. The number of carboxylic acids is 2. The molecule has 0 aliphatic heterocycles. The van der Waals surface area contributed by atoms with E-state index < -0.39 is 11.9 Å². The Kier molecular flexibility index (Phi) is 18.4. The van der Waals surface area contributed by atoms with Crippen LogP contribution < -0.4 is 22.1 Å². The Morgan fingerprint density at radius 3 is 1.17 bits per heavy atom. The van der Waals surface area contributed by atoms with Gasteiger partial charge < -0.3 is 31.7 Å². The monoisotopic (exact) mass is 499 g/mol. The first kappa shape index (κ1) is 25.9. The molecule has 7 heteroatoms. The van der Waals surface area contributed by atoms with E-state index >= 15 is 0 Å². The number of benzene rings is 2. The molecule has 128 valence electrons. The summed E-state index contributed by atoms with van der Waals surface area (Å²) in [6.07, 6.45) is 0. The zero-order valence-corrected chi connectivity index (χ0v) is 15.0. The zero-order valence-electron chi connectivity index (χ0n) is 12.7. The molecule has 0 saturated carbocycles. The number of nitrogens with two attached hydrogens (primary N) is 1. The van der Waals surface area contributed by atoms with E-state index in [1.165, 1.54) is 24.3 Å². The molecule has 2 aromatic carbocycles. The fraction of sp³-hybridized carbons (Fsp3) is 0.125. The predicted octanol–water partition coefficient (Wildman–Crippen LogP) is 0.225. The molecule has 0 aliphatic carbocycles. The predicted molar refractivity (Wildman–Crippen MR) is 81.3 cm³/mol. The maximum absolute atomic E-state index is 10.1. The maximum atomic E-state index is 10.1. The van der Waals surface area contributed by atoms with Crippen molar-refractivity contribution in [1.82, 2.24) is 6.15 Å². The van der Waals surface area contributed by atoms with Gasteiger partial charge in [-0.15, -0.1) is 0 Å². The van der Waals surface area contributed by atoms with Crippen LogP contribution in [0, 0.1) is 0 Å². The Morgan fingerprint density at radius 1 is 0.826 bits per heavy atom. The molecule has 0 amide bonds. The summed E-state index contributed by atoms with van der Waals surface area (Å²) < 4.78 is 0. The van der Waals surface area contributed by atoms with Crippen LogP contribution in [0.2, 0.25) is 0 Å². The second-order valence-corrected chi connectivity index (χ2v) is 3.72. The molecule has 0 aromatic heterocycles. The van der Waals surface area contributed by atoms with Crippen LogP contribution in [0.1, 0.15) is 27.6 Å². The summed E-state index contributed by atoms with van der Waals surface area (Å²) in [7, 11) is 0. The van der Waals surface area contributed by atoms with Crippen LogP contribution >= 0.6 is 0 Å². The second-order valence-electron chi connectivity index (χ2n) is 3.72. The van der Waals surface area contributed by atoms with E-state index in [-0.39, 0.29) is 38.3 Å². The largest absolute Gasteiger partial charge is 2.00 e. The van der Waals surface area contributed by atoms with Crippen molar-refractivity contribution in [3.8, 4) is 0 Å². The zero-order chi connectivity index (χ0) is 16.1. The first-order valence-corrected chi connectivity index (χ1v) is 6.25. The summed E-state index contributed by atoms with van der Waals surface area (Å²) in [6.45, 7) is 2.65. The molecular formula is C16H20N2O4Pt.